The van der Waals surface area contributed by atoms with E-state index in [1.165, 1.54) is 12.8 Å². The number of hydrogen-bond donors (Lipinski definition) is 1. The molecule has 4 rings (SSSR count). The number of nitrogens with zero attached hydrogens (tertiary/aromatic N) is 2. The van der Waals surface area contributed by atoms with Crippen LogP contribution in [0, 0.1) is 6.92 Å². The molecule has 5 nitrogen and oxygen atoms in total. The maximum Gasteiger partial charge on any atom is 0.259 e. The van der Waals surface area contributed by atoms with E-state index < -0.39 is 0 Å². The van der Waals surface area contributed by atoms with Crippen LogP contribution in [0.1, 0.15) is 41.7 Å². The van der Waals surface area contributed by atoms with E-state index in [9.17, 15) is 4.79 Å². The number of carbonyl (C=O) groups is 1. The average Bonchev–Trinajstić information content (AvgIpc) is 3.33. The van der Waals surface area contributed by atoms with Gasteiger partial charge in [-0.15, -0.1) is 0 Å². The summed E-state index contributed by atoms with van der Waals surface area (Å²) < 4.78 is 7.74. The number of hydrogen-bond acceptors (Lipinski definition) is 3. The first-order valence-electron chi connectivity index (χ1n) is 9.39. The summed E-state index contributed by atoms with van der Waals surface area (Å²) in [5.74, 6) is 0.687. The molecule has 1 heterocycles. The van der Waals surface area contributed by atoms with Crippen LogP contribution in [0.15, 0.2) is 60.8 Å². The van der Waals surface area contributed by atoms with Crippen LogP contribution in [0.4, 0.5) is 5.69 Å². The number of amides is 1. The third kappa shape index (κ3) is 3.87. The number of para-hydroxylation sites is 1. The first kappa shape index (κ1) is 17.3. The summed E-state index contributed by atoms with van der Waals surface area (Å²) >= 11 is 0. The smallest absolute Gasteiger partial charge is 0.259 e. The molecule has 0 atom stereocenters. The minimum absolute atomic E-state index is 0.167. The number of benzene rings is 2. The van der Waals surface area contributed by atoms with Crippen LogP contribution in [0.3, 0.4) is 0 Å². The molecule has 0 saturated heterocycles. The normalized spacial score (nSPS) is 14.3. The van der Waals surface area contributed by atoms with Crippen LogP contribution in [0.5, 0.6) is 5.75 Å². The second-order valence-corrected chi connectivity index (χ2v) is 6.89. The van der Waals surface area contributed by atoms with Crippen molar-refractivity contribution in [1.29, 1.82) is 0 Å². The van der Waals surface area contributed by atoms with Gasteiger partial charge in [-0.1, -0.05) is 18.2 Å². The average molecular weight is 361 g/mol. The second kappa shape index (κ2) is 7.66. The molecule has 0 spiro atoms. The van der Waals surface area contributed by atoms with Gasteiger partial charge in [-0.3, -0.25) is 4.79 Å². The lowest BCUT2D eigenvalue weighted by Crippen LogP contribution is -2.13. The van der Waals surface area contributed by atoms with Gasteiger partial charge in [0.2, 0.25) is 0 Å². The summed E-state index contributed by atoms with van der Waals surface area (Å²) in [7, 11) is 0. The fourth-order valence-electron chi connectivity index (χ4n) is 3.48. The van der Waals surface area contributed by atoms with Crippen molar-refractivity contribution in [2.75, 3.05) is 5.32 Å². The van der Waals surface area contributed by atoms with E-state index >= 15 is 0 Å². The Balaban J connectivity index is 1.44. The minimum atomic E-state index is -0.167. The van der Waals surface area contributed by atoms with Crippen LogP contribution in [0.25, 0.3) is 5.69 Å². The Morgan fingerprint density at radius 3 is 2.48 bits per heavy atom. The highest BCUT2D eigenvalue weighted by Gasteiger charge is 2.17. The van der Waals surface area contributed by atoms with Crippen LogP contribution < -0.4 is 10.1 Å². The molecule has 1 saturated carbocycles. The van der Waals surface area contributed by atoms with E-state index in [4.69, 9.17) is 4.74 Å². The summed E-state index contributed by atoms with van der Waals surface area (Å²) in [5.41, 5.74) is 3.04. The van der Waals surface area contributed by atoms with Crippen molar-refractivity contribution in [2.45, 2.75) is 38.7 Å². The summed E-state index contributed by atoms with van der Waals surface area (Å²) in [6.07, 6.45) is 6.68. The Morgan fingerprint density at radius 2 is 1.78 bits per heavy atom. The number of ether oxygens (including phenoxy) is 1. The largest absolute Gasteiger partial charge is 0.490 e. The predicted octanol–water partition coefficient (Wildman–Crippen LogP) is 4.75. The lowest BCUT2D eigenvalue weighted by Gasteiger charge is -2.13. The Morgan fingerprint density at radius 1 is 1.07 bits per heavy atom. The van der Waals surface area contributed by atoms with E-state index in [0.29, 0.717) is 11.7 Å². The zero-order valence-electron chi connectivity index (χ0n) is 15.4. The van der Waals surface area contributed by atoms with Gasteiger partial charge in [-0.05, 0) is 69.0 Å². The molecule has 1 N–H and O–H groups in total. The van der Waals surface area contributed by atoms with Gasteiger partial charge in [0.15, 0.2) is 0 Å². The van der Waals surface area contributed by atoms with Crippen molar-refractivity contribution in [3.8, 4) is 11.4 Å². The summed E-state index contributed by atoms with van der Waals surface area (Å²) in [6.45, 7) is 1.90. The third-order valence-electron chi connectivity index (χ3n) is 4.97. The van der Waals surface area contributed by atoms with E-state index in [1.54, 1.807) is 10.9 Å². The summed E-state index contributed by atoms with van der Waals surface area (Å²) in [5, 5.41) is 7.29. The summed E-state index contributed by atoms with van der Waals surface area (Å²) in [6, 6.07) is 17.4. The predicted molar refractivity (Wildman–Crippen MR) is 106 cm³/mol. The number of nitrogens with one attached hydrogen (secondary N) is 1. The van der Waals surface area contributed by atoms with Gasteiger partial charge < -0.3 is 10.1 Å². The van der Waals surface area contributed by atoms with Crippen molar-refractivity contribution in [3.05, 3.63) is 72.1 Å². The Kier molecular flexibility index (Phi) is 4.92. The number of aromatic nitrogens is 2. The first-order valence-corrected chi connectivity index (χ1v) is 9.39. The fraction of sp³-hybridized carbons (Fsp3) is 0.273. The lowest BCUT2D eigenvalue weighted by atomic mass is 10.2. The van der Waals surface area contributed by atoms with Gasteiger partial charge in [0, 0.05) is 5.69 Å². The van der Waals surface area contributed by atoms with Gasteiger partial charge >= 0.3 is 0 Å². The Labute approximate surface area is 159 Å². The molecule has 2 aromatic carbocycles. The first-order chi connectivity index (χ1) is 13.2. The maximum absolute atomic E-state index is 12.6. The molecule has 1 aliphatic rings. The fourth-order valence-corrected chi connectivity index (χ4v) is 3.48. The molecule has 5 heteroatoms. The second-order valence-electron chi connectivity index (χ2n) is 6.89. The van der Waals surface area contributed by atoms with Crippen molar-refractivity contribution in [2.24, 2.45) is 0 Å². The topological polar surface area (TPSA) is 56.1 Å². The van der Waals surface area contributed by atoms with Gasteiger partial charge in [-0.25, -0.2) is 4.68 Å². The molecule has 0 aliphatic heterocycles. The highest BCUT2D eigenvalue weighted by atomic mass is 16.5. The van der Waals surface area contributed by atoms with Crippen molar-refractivity contribution in [3.63, 3.8) is 0 Å². The zero-order chi connectivity index (χ0) is 18.6. The highest BCUT2D eigenvalue weighted by Crippen LogP contribution is 2.25. The Bertz CT molecular complexity index is 910. The van der Waals surface area contributed by atoms with Gasteiger partial charge in [0.1, 0.15) is 5.75 Å². The van der Waals surface area contributed by atoms with Crippen molar-refractivity contribution in [1.82, 2.24) is 9.78 Å². The minimum Gasteiger partial charge on any atom is -0.490 e. The van der Waals surface area contributed by atoms with Gasteiger partial charge in [-0.2, -0.15) is 5.10 Å². The lowest BCUT2D eigenvalue weighted by molar-refractivity contribution is 0.102. The standard InChI is InChI=1S/C22H23N3O2/c1-16-21(15-23-25(16)18-7-3-2-4-8-18)22(26)24-17-11-13-20(14-12-17)27-19-9-5-6-10-19/h2-4,7-8,11-15,19H,5-6,9-10H2,1H3,(H,24,26). The molecular formula is C22H23N3O2. The molecule has 1 aliphatic carbocycles. The van der Waals surface area contributed by atoms with Crippen LogP contribution in [-0.4, -0.2) is 21.8 Å². The summed E-state index contributed by atoms with van der Waals surface area (Å²) in [4.78, 5) is 12.6. The zero-order valence-corrected chi connectivity index (χ0v) is 15.4. The number of anilines is 1. The molecule has 1 fully saturated rings. The molecule has 0 radical (unpaired) electrons. The quantitative estimate of drug-likeness (QED) is 0.713. The molecule has 1 amide bonds. The van der Waals surface area contributed by atoms with Crippen LogP contribution in [0.2, 0.25) is 0 Å². The van der Waals surface area contributed by atoms with Crippen molar-refractivity contribution >= 4 is 11.6 Å². The van der Waals surface area contributed by atoms with Gasteiger partial charge in [0.25, 0.3) is 5.91 Å². The monoisotopic (exact) mass is 361 g/mol. The van der Waals surface area contributed by atoms with E-state index in [-0.39, 0.29) is 5.91 Å². The third-order valence-corrected chi connectivity index (χ3v) is 4.97. The van der Waals surface area contributed by atoms with Gasteiger partial charge in [0.05, 0.1) is 29.2 Å². The van der Waals surface area contributed by atoms with Crippen LogP contribution in [-0.2, 0) is 0 Å². The maximum atomic E-state index is 12.6. The van der Waals surface area contributed by atoms with E-state index in [2.05, 4.69) is 10.4 Å². The Hall–Kier alpha value is -3.08. The number of carbonyl (C=O) groups excluding carboxylic acids is 1. The van der Waals surface area contributed by atoms with Crippen LogP contribution >= 0.6 is 0 Å². The molecule has 3 aromatic rings. The highest BCUT2D eigenvalue weighted by molar-refractivity contribution is 6.05. The molecule has 1 aromatic heterocycles. The molecule has 0 bridgehead atoms. The molecule has 0 unspecified atom stereocenters. The van der Waals surface area contributed by atoms with Crippen molar-refractivity contribution < 1.29 is 9.53 Å². The van der Waals surface area contributed by atoms with E-state index in [0.717, 1.165) is 35.7 Å². The number of rotatable bonds is 5. The SMILES string of the molecule is Cc1c(C(=O)Nc2ccc(OC3CCCC3)cc2)cnn1-c1ccccc1. The van der Waals surface area contributed by atoms with E-state index in [1.807, 2.05) is 61.5 Å². The molecule has 138 valence electrons. The molecular weight excluding hydrogens is 338 g/mol. The molecule has 27 heavy (non-hydrogen) atoms.